The molecule has 0 atom stereocenters. The van der Waals surface area contributed by atoms with Crippen molar-refractivity contribution in [3.05, 3.63) is 131 Å². The van der Waals surface area contributed by atoms with Crippen LogP contribution in [0.1, 0.15) is 61.8 Å². The third kappa shape index (κ3) is 4.23. The largest absolute Gasteiger partial charge is 0.319 e. The monoisotopic (exact) mass is 547 g/mol. The molecule has 0 fully saturated rings. The van der Waals surface area contributed by atoms with Crippen LogP contribution in [-0.4, -0.2) is 14.1 Å². The molecule has 0 amide bonds. The molecule has 7 rings (SSSR count). The second-order valence-electron chi connectivity index (χ2n) is 12.1. The first-order valence-corrected chi connectivity index (χ1v) is 15.1. The average molecular weight is 548 g/mol. The van der Waals surface area contributed by atoms with Gasteiger partial charge in [-0.25, -0.2) is 4.98 Å². The van der Waals surface area contributed by atoms with Crippen molar-refractivity contribution in [3.63, 3.8) is 0 Å². The van der Waals surface area contributed by atoms with E-state index < -0.39 is 0 Å². The Bertz CT molecular complexity index is 2050. The fourth-order valence-corrected chi connectivity index (χ4v) is 6.75. The summed E-state index contributed by atoms with van der Waals surface area (Å²) in [6, 6.07) is 39.6. The molecule has 208 valence electrons. The summed E-state index contributed by atoms with van der Waals surface area (Å²) in [5, 5.41) is 2.56. The molecule has 0 saturated carbocycles. The molecule has 5 aromatic carbocycles. The van der Waals surface area contributed by atoms with Gasteiger partial charge < -0.3 is 9.13 Å². The fourth-order valence-electron chi connectivity index (χ4n) is 6.75. The Morgan fingerprint density at radius 3 is 2.05 bits per heavy atom. The van der Waals surface area contributed by atoms with Gasteiger partial charge in [0.05, 0.1) is 28.6 Å². The third-order valence-corrected chi connectivity index (χ3v) is 8.73. The number of hydrogen-bond donors (Lipinski definition) is 0. The van der Waals surface area contributed by atoms with Crippen molar-refractivity contribution in [1.82, 2.24) is 14.1 Å². The Balaban J connectivity index is 1.48. The van der Waals surface area contributed by atoms with Crippen molar-refractivity contribution in [3.8, 4) is 17.1 Å². The smallest absolute Gasteiger partial charge is 0.141 e. The molecule has 0 radical (unpaired) electrons. The molecule has 0 aliphatic rings. The second kappa shape index (κ2) is 10.3. The van der Waals surface area contributed by atoms with Crippen LogP contribution in [0.2, 0.25) is 0 Å². The molecule has 2 heterocycles. The lowest BCUT2D eigenvalue weighted by molar-refractivity contribution is 0.750. The summed E-state index contributed by atoms with van der Waals surface area (Å²) in [5.74, 6) is 1.90. The molecular formula is C39H37N3. The summed E-state index contributed by atoms with van der Waals surface area (Å²) in [6.07, 6.45) is 0. The Kier molecular flexibility index (Phi) is 6.46. The van der Waals surface area contributed by atoms with E-state index in [4.69, 9.17) is 4.98 Å². The maximum Gasteiger partial charge on any atom is 0.141 e. The number of aromatic nitrogens is 3. The van der Waals surface area contributed by atoms with Crippen LogP contribution in [0.15, 0.2) is 109 Å². The summed E-state index contributed by atoms with van der Waals surface area (Å²) in [6.45, 7) is 12.2. The van der Waals surface area contributed by atoms with Crippen LogP contribution in [0.3, 0.4) is 0 Å². The molecule has 3 heteroatoms. The zero-order chi connectivity index (χ0) is 29.0. The first-order valence-electron chi connectivity index (χ1n) is 15.1. The molecule has 42 heavy (non-hydrogen) atoms. The number of benzene rings is 5. The van der Waals surface area contributed by atoms with E-state index in [0.29, 0.717) is 11.8 Å². The summed E-state index contributed by atoms with van der Waals surface area (Å²) < 4.78 is 4.82. The molecule has 0 saturated heterocycles. The predicted octanol–water partition coefficient (Wildman–Crippen LogP) is 10.4. The van der Waals surface area contributed by atoms with Crippen LogP contribution in [0, 0.1) is 6.92 Å². The topological polar surface area (TPSA) is 22.8 Å². The van der Waals surface area contributed by atoms with E-state index in [9.17, 15) is 0 Å². The lowest BCUT2D eigenvalue weighted by atomic mass is 9.88. The maximum absolute atomic E-state index is 5.26. The second-order valence-corrected chi connectivity index (χ2v) is 12.1. The molecule has 3 nitrogen and oxygen atoms in total. The highest BCUT2D eigenvalue weighted by Gasteiger charge is 2.20. The molecule has 0 bridgehead atoms. The summed E-state index contributed by atoms with van der Waals surface area (Å²) in [7, 11) is 0. The lowest BCUT2D eigenvalue weighted by Gasteiger charge is -2.21. The van der Waals surface area contributed by atoms with E-state index >= 15 is 0 Å². The molecule has 0 aliphatic heterocycles. The lowest BCUT2D eigenvalue weighted by Crippen LogP contribution is -2.10. The highest BCUT2D eigenvalue weighted by molar-refractivity contribution is 6.12. The minimum absolute atomic E-state index is 0.445. The van der Waals surface area contributed by atoms with E-state index in [1.807, 2.05) is 0 Å². The van der Waals surface area contributed by atoms with Gasteiger partial charge in [0, 0.05) is 22.0 Å². The van der Waals surface area contributed by atoms with Gasteiger partial charge in [0.15, 0.2) is 0 Å². The summed E-state index contributed by atoms with van der Waals surface area (Å²) >= 11 is 0. The number of hydrogen-bond acceptors (Lipinski definition) is 1. The summed E-state index contributed by atoms with van der Waals surface area (Å²) in [4.78, 5) is 5.26. The van der Waals surface area contributed by atoms with Crippen LogP contribution < -0.4 is 0 Å². The first-order chi connectivity index (χ1) is 20.4. The van der Waals surface area contributed by atoms with Gasteiger partial charge in [-0.3, -0.25) is 0 Å². The van der Waals surface area contributed by atoms with Gasteiger partial charge in [0.25, 0.3) is 0 Å². The zero-order valence-electron chi connectivity index (χ0n) is 25.1. The van der Waals surface area contributed by atoms with E-state index in [1.54, 1.807) is 0 Å². The number of fused-ring (bicyclic) bond motifs is 4. The van der Waals surface area contributed by atoms with Gasteiger partial charge in [0.2, 0.25) is 0 Å². The van der Waals surface area contributed by atoms with Crippen molar-refractivity contribution in [2.75, 3.05) is 0 Å². The molecule has 0 aliphatic carbocycles. The number of para-hydroxylation sites is 3. The minimum Gasteiger partial charge on any atom is -0.319 e. The van der Waals surface area contributed by atoms with Crippen LogP contribution in [0.25, 0.3) is 49.9 Å². The molecule has 0 spiro atoms. The highest BCUT2D eigenvalue weighted by atomic mass is 15.1. The van der Waals surface area contributed by atoms with E-state index in [2.05, 4.69) is 153 Å². The molecule has 0 unspecified atom stereocenters. The number of nitrogens with zero attached hydrogens (tertiary/aromatic N) is 3. The van der Waals surface area contributed by atoms with E-state index in [-0.39, 0.29) is 0 Å². The van der Waals surface area contributed by atoms with Crippen molar-refractivity contribution in [2.45, 2.75) is 53.0 Å². The maximum atomic E-state index is 5.26. The zero-order valence-corrected chi connectivity index (χ0v) is 25.1. The Morgan fingerprint density at radius 2 is 1.31 bits per heavy atom. The number of imidazole rings is 1. The Morgan fingerprint density at radius 1 is 0.643 bits per heavy atom. The average Bonchev–Trinajstić information content (AvgIpc) is 3.53. The van der Waals surface area contributed by atoms with E-state index in [0.717, 1.165) is 23.4 Å². The molecule has 2 aromatic heterocycles. The van der Waals surface area contributed by atoms with Gasteiger partial charge >= 0.3 is 0 Å². The van der Waals surface area contributed by atoms with Gasteiger partial charge in [-0.1, -0.05) is 88.4 Å². The van der Waals surface area contributed by atoms with Gasteiger partial charge in [0.1, 0.15) is 5.82 Å². The standard InChI is InChI=1S/C39H37N3/c1-25(2)30-16-12-17-31(26(3)4)33(30)24-41-36-19-10-9-18-34(36)40-39(41)28-21-22-35-32(23-28)38-27(5)13-11-20-37(38)42(35)29-14-7-6-8-15-29/h6-23,25-26H,24H2,1-5H3. The van der Waals surface area contributed by atoms with Gasteiger partial charge in [-0.15, -0.1) is 0 Å². The van der Waals surface area contributed by atoms with E-state index in [1.165, 1.54) is 55.3 Å². The third-order valence-electron chi connectivity index (χ3n) is 8.73. The fraction of sp³-hybridized carbons (Fsp3) is 0.205. The quantitative estimate of drug-likeness (QED) is 0.203. The van der Waals surface area contributed by atoms with Crippen LogP contribution in [0.4, 0.5) is 0 Å². The predicted molar refractivity (Wildman–Crippen MR) is 178 cm³/mol. The number of aryl methyl sites for hydroxylation is 1. The first kappa shape index (κ1) is 26.3. The van der Waals surface area contributed by atoms with Crippen LogP contribution in [0.5, 0.6) is 0 Å². The highest BCUT2D eigenvalue weighted by Crippen LogP contribution is 2.38. The Hall–Kier alpha value is -4.63. The van der Waals surface area contributed by atoms with Gasteiger partial charge in [-0.05, 0) is 89.5 Å². The Labute approximate surface area is 248 Å². The van der Waals surface area contributed by atoms with Crippen molar-refractivity contribution in [1.29, 1.82) is 0 Å². The van der Waals surface area contributed by atoms with Crippen LogP contribution in [-0.2, 0) is 6.54 Å². The SMILES string of the molecule is Cc1cccc2c1c1cc(-c3nc4ccccc4n3Cc3c(C(C)C)cccc3C(C)C)ccc1n2-c1ccccc1. The van der Waals surface area contributed by atoms with Crippen LogP contribution >= 0.6 is 0 Å². The molecular weight excluding hydrogens is 510 g/mol. The number of rotatable bonds is 6. The van der Waals surface area contributed by atoms with Crippen molar-refractivity contribution < 1.29 is 0 Å². The van der Waals surface area contributed by atoms with Gasteiger partial charge in [-0.2, -0.15) is 0 Å². The van der Waals surface area contributed by atoms with Crippen molar-refractivity contribution in [2.24, 2.45) is 0 Å². The molecule has 0 N–H and O–H groups in total. The molecule has 7 aromatic rings. The summed E-state index contributed by atoms with van der Waals surface area (Å²) in [5.41, 5.74) is 12.5. The minimum atomic E-state index is 0.445. The van der Waals surface area contributed by atoms with Crippen molar-refractivity contribution >= 4 is 32.8 Å². The normalized spacial score (nSPS) is 12.0.